The van der Waals surface area contributed by atoms with Gasteiger partial charge in [0.2, 0.25) is 17.7 Å². The molecule has 2 fully saturated rings. The molecule has 0 spiro atoms. The third-order valence-corrected chi connectivity index (χ3v) is 6.30. The van der Waals surface area contributed by atoms with Gasteiger partial charge in [-0.05, 0) is 18.6 Å². The van der Waals surface area contributed by atoms with E-state index in [0.717, 1.165) is 11.3 Å². The number of fused-ring (bicyclic) bond motifs is 5. The van der Waals surface area contributed by atoms with Crippen molar-refractivity contribution in [2.45, 2.75) is 38.4 Å². The van der Waals surface area contributed by atoms with Crippen molar-refractivity contribution < 1.29 is 23.9 Å². The molecule has 0 saturated carbocycles. The van der Waals surface area contributed by atoms with Crippen molar-refractivity contribution in [2.75, 3.05) is 31.1 Å². The number of rotatable bonds is 1. The number of ether oxygens (including phenoxy) is 1. The van der Waals surface area contributed by atoms with Gasteiger partial charge in [-0.25, -0.2) is 0 Å². The smallest absolute Gasteiger partial charge is 0.255 e. The van der Waals surface area contributed by atoms with Gasteiger partial charge in [-0.3, -0.25) is 24.5 Å². The third-order valence-electron chi connectivity index (χ3n) is 6.30. The van der Waals surface area contributed by atoms with Crippen LogP contribution in [0.3, 0.4) is 0 Å². The van der Waals surface area contributed by atoms with Gasteiger partial charge in [-0.15, -0.1) is 0 Å². The molecule has 5 rings (SSSR count). The highest BCUT2D eigenvalue weighted by molar-refractivity contribution is 6.06. The Bertz CT molecular complexity index is 945. The van der Waals surface area contributed by atoms with Crippen LogP contribution in [-0.2, 0) is 20.9 Å². The first-order valence-corrected chi connectivity index (χ1v) is 9.89. The van der Waals surface area contributed by atoms with Crippen LogP contribution in [-0.4, -0.2) is 71.8 Å². The number of amides is 4. The summed E-state index contributed by atoms with van der Waals surface area (Å²) in [5, 5.41) is 2.32. The van der Waals surface area contributed by atoms with Gasteiger partial charge in [0.15, 0.2) is 0 Å². The first-order chi connectivity index (χ1) is 13.9. The molecule has 9 nitrogen and oxygen atoms in total. The topological polar surface area (TPSA) is 99.3 Å². The number of nitrogens with one attached hydrogen (secondary N) is 1. The van der Waals surface area contributed by atoms with Gasteiger partial charge in [0.25, 0.3) is 5.91 Å². The normalized spacial score (nSPS) is 25.8. The first-order valence-electron chi connectivity index (χ1n) is 9.89. The second kappa shape index (κ2) is 6.47. The van der Waals surface area contributed by atoms with Gasteiger partial charge in [0, 0.05) is 44.1 Å². The summed E-state index contributed by atoms with van der Waals surface area (Å²) < 4.78 is 6.08. The Balaban J connectivity index is 1.43. The molecule has 2 saturated heterocycles. The molecule has 0 aliphatic carbocycles. The quantitative estimate of drug-likeness (QED) is 0.662. The standard InChI is InChI=1S/C20H22N4O5/c1-11(25)22-6-7-23-12(8-22)10-29-18-14-9-24(16-4-5-17(26)21-19(16)27)20(28)13(14)2-3-15(18)23/h2-3,12,16H,4-10H2,1H3,(H,21,26,27)/t12-,16+/m1/s1. The maximum Gasteiger partial charge on any atom is 0.255 e. The Labute approximate surface area is 167 Å². The fourth-order valence-electron chi connectivity index (χ4n) is 4.77. The largest absolute Gasteiger partial charge is 0.489 e. The fraction of sp³-hybridized carbons (Fsp3) is 0.500. The Morgan fingerprint density at radius 2 is 2.00 bits per heavy atom. The lowest BCUT2D eigenvalue weighted by atomic mass is 10.0. The Hall–Kier alpha value is -3.10. The molecule has 4 aliphatic heterocycles. The van der Waals surface area contributed by atoms with E-state index in [4.69, 9.17) is 4.74 Å². The fourth-order valence-corrected chi connectivity index (χ4v) is 4.77. The zero-order valence-electron chi connectivity index (χ0n) is 16.1. The lowest BCUT2D eigenvalue weighted by Gasteiger charge is -2.45. The van der Waals surface area contributed by atoms with E-state index in [-0.39, 0.29) is 30.2 Å². The highest BCUT2D eigenvalue weighted by Gasteiger charge is 2.43. The number of imide groups is 1. The molecule has 0 bridgehead atoms. The second-order valence-corrected chi connectivity index (χ2v) is 7.96. The third kappa shape index (κ3) is 2.75. The maximum absolute atomic E-state index is 13.0. The molecule has 1 aromatic carbocycles. The molecule has 4 heterocycles. The van der Waals surface area contributed by atoms with Crippen LogP contribution in [0.2, 0.25) is 0 Å². The molecule has 2 atom stereocenters. The van der Waals surface area contributed by atoms with Gasteiger partial charge < -0.3 is 19.4 Å². The molecular formula is C20H22N4O5. The SMILES string of the molecule is CC(=O)N1CCN2c3ccc4c(c3OC[C@H]2C1)CN([C@H]1CCC(=O)NC1=O)C4=O. The number of piperazine rings is 1. The summed E-state index contributed by atoms with van der Waals surface area (Å²) in [6.07, 6.45) is 0.565. The number of anilines is 1. The Morgan fingerprint density at radius 3 is 2.76 bits per heavy atom. The number of carbonyl (C=O) groups is 4. The van der Waals surface area contributed by atoms with Gasteiger partial charge in [0.1, 0.15) is 18.4 Å². The first kappa shape index (κ1) is 18.0. The van der Waals surface area contributed by atoms with Crippen molar-refractivity contribution in [2.24, 2.45) is 0 Å². The lowest BCUT2D eigenvalue weighted by molar-refractivity contribution is -0.137. The van der Waals surface area contributed by atoms with E-state index in [9.17, 15) is 19.2 Å². The molecule has 1 N–H and O–H groups in total. The average Bonchev–Trinajstić information content (AvgIpc) is 3.04. The minimum Gasteiger partial charge on any atom is -0.489 e. The average molecular weight is 398 g/mol. The van der Waals surface area contributed by atoms with Crippen molar-refractivity contribution in [3.63, 3.8) is 0 Å². The van der Waals surface area contributed by atoms with Crippen LogP contribution in [0.5, 0.6) is 5.75 Å². The zero-order chi connectivity index (χ0) is 20.3. The minimum absolute atomic E-state index is 0.0647. The van der Waals surface area contributed by atoms with Gasteiger partial charge in [-0.2, -0.15) is 0 Å². The molecule has 29 heavy (non-hydrogen) atoms. The summed E-state index contributed by atoms with van der Waals surface area (Å²) in [6.45, 7) is 4.30. The molecular weight excluding hydrogens is 376 g/mol. The Morgan fingerprint density at radius 1 is 1.17 bits per heavy atom. The van der Waals surface area contributed by atoms with Crippen molar-refractivity contribution in [1.29, 1.82) is 0 Å². The predicted molar refractivity (Wildman–Crippen MR) is 101 cm³/mol. The number of piperidine rings is 1. The molecule has 0 aromatic heterocycles. The highest BCUT2D eigenvalue weighted by atomic mass is 16.5. The van der Waals surface area contributed by atoms with Crippen molar-refractivity contribution in [3.05, 3.63) is 23.3 Å². The number of nitrogens with zero attached hydrogens (tertiary/aromatic N) is 3. The monoisotopic (exact) mass is 398 g/mol. The maximum atomic E-state index is 13.0. The van der Waals surface area contributed by atoms with Crippen molar-refractivity contribution in [3.8, 4) is 5.75 Å². The van der Waals surface area contributed by atoms with Crippen LogP contribution in [0.4, 0.5) is 5.69 Å². The summed E-state index contributed by atoms with van der Waals surface area (Å²) in [5.41, 5.74) is 2.28. The van der Waals surface area contributed by atoms with Gasteiger partial charge in [0.05, 0.1) is 18.3 Å². The highest BCUT2D eigenvalue weighted by Crippen LogP contribution is 2.43. The summed E-state index contributed by atoms with van der Waals surface area (Å²) in [7, 11) is 0. The predicted octanol–water partition coefficient (Wildman–Crippen LogP) is -0.123. The van der Waals surface area contributed by atoms with Crippen molar-refractivity contribution >= 4 is 29.3 Å². The van der Waals surface area contributed by atoms with E-state index in [1.54, 1.807) is 13.0 Å². The van der Waals surface area contributed by atoms with Gasteiger partial charge >= 0.3 is 0 Å². The van der Waals surface area contributed by atoms with Gasteiger partial charge in [-0.1, -0.05) is 0 Å². The van der Waals surface area contributed by atoms with Crippen LogP contribution in [0.1, 0.15) is 35.7 Å². The second-order valence-electron chi connectivity index (χ2n) is 7.96. The van der Waals surface area contributed by atoms with Crippen LogP contribution in [0, 0.1) is 0 Å². The summed E-state index contributed by atoms with van der Waals surface area (Å²) in [6, 6.07) is 3.14. The number of benzene rings is 1. The summed E-state index contributed by atoms with van der Waals surface area (Å²) in [5.74, 6) is -0.165. The molecule has 0 unspecified atom stereocenters. The van der Waals surface area contributed by atoms with E-state index in [1.165, 1.54) is 4.90 Å². The van der Waals surface area contributed by atoms with Crippen LogP contribution >= 0.6 is 0 Å². The van der Waals surface area contributed by atoms with Crippen LogP contribution in [0.25, 0.3) is 0 Å². The van der Waals surface area contributed by atoms with E-state index in [0.29, 0.717) is 50.5 Å². The lowest BCUT2D eigenvalue weighted by Crippen LogP contribution is -2.58. The number of hydrogen-bond acceptors (Lipinski definition) is 6. The van der Waals surface area contributed by atoms with Crippen molar-refractivity contribution in [1.82, 2.24) is 15.1 Å². The molecule has 4 amide bonds. The molecule has 0 radical (unpaired) electrons. The van der Waals surface area contributed by atoms with E-state index < -0.39 is 11.9 Å². The molecule has 1 aromatic rings. The summed E-state index contributed by atoms with van der Waals surface area (Å²) in [4.78, 5) is 54.0. The Kier molecular flexibility index (Phi) is 4.01. The number of carbonyl (C=O) groups excluding carboxylic acids is 4. The molecule has 4 aliphatic rings. The van der Waals surface area contributed by atoms with Crippen LogP contribution < -0.4 is 15.0 Å². The van der Waals surface area contributed by atoms with E-state index in [2.05, 4.69) is 10.2 Å². The minimum atomic E-state index is -0.640. The van der Waals surface area contributed by atoms with E-state index in [1.807, 2.05) is 11.0 Å². The summed E-state index contributed by atoms with van der Waals surface area (Å²) >= 11 is 0. The molecule has 152 valence electrons. The van der Waals surface area contributed by atoms with Crippen LogP contribution in [0.15, 0.2) is 12.1 Å². The number of hydrogen-bond donors (Lipinski definition) is 1. The zero-order valence-corrected chi connectivity index (χ0v) is 16.1. The molecule has 9 heteroatoms. The van der Waals surface area contributed by atoms with E-state index >= 15 is 0 Å².